The third-order valence-corrected chi connectivity index (χ3v) is 11.9. The molecule has 1 atom stereocenters. The van der Waals surface area contributed by atoms with Gasteiger partial charge in [-0.3, -0.25) is 0 Å². The van der Waals surface area contributed by atoms with Crippen LogP contribution in [0.2, 0.25) is 6.55 Å². The Labute approximate surface area is 277 Å². The molecule has 5 aromatic rings. The van der Waals surface area contributed by atoms with E-state index in [0.717, 1.165) is 17.4 Å². The average molecular weight is 681 g/mol. The van der Waals surface area contributed by atoms with Gasteiger partial charge in [0.05, 0.1) is 0 Å². The van der Waals surface area contributed by atoms with Crippen LogP contribution >= 0.6 is 0 Å². The largest absolute Gasteiger partial charge is 1.00 e. The first-order valence-corrected chi connectivity index (χ1v) is 20.2. The van der Waals surface area contributed by atoms with Gasteiger partial charge >= 0.3 is 83.7 Å². The van der Waals surface area contributed by atoms with E-state index in [1.165, 1.54) is 62.2 Å². The number of aryl methyl sites for hydroxylation is 2. The molecule has 0 spiro atoms. The number of benzene rings is 3. The number of hydrogen-bond donors (Lipinski definition) is 0. The van der Waals surface area contributed by atoms with Crippen molar-refractivity contribution in [2.75, 3.05) is 0 Å². The van der Waals surface area contributed by atoms with Gasteiger partial charge in [-0.15, -0.1) is 81.2 Å². The van der Waals surface area contributed by atoms with E-state index in [0.29, 0.717) is 0 Å². The van der Waals surface area contributed by atoms with E-state index < -0.39 is 0 Å². The summed E-state index contributed by atoms with van der Waals surface area (Å²) in [5.74, 6) is 1.48. The summed E-state index contributed by atoms with van der Waals surface area (Å²) in [7, 11) is 0. The topological polar surface area (TPSA) is 0 Å². The summed E-state index contributed by atoms with van der Waals surface area (Å²) in [4.78, 5) is 0. The van der Waals surface area contributed by atoms with Crippen LogP contribution in [0.15, 0.2) is 91.0 Å². The molecule has 0 bridgehead atoms. The Balaban J connectivity index is 0.000000303. The van der Waals surface area contributed by atoms with Crippen LogP contribution in [0, 0.1) is 25.7 Å². The fourth-order valence-corrected chi connectivity index (χ4v) is 6.94. The van der Waals surface area contributed by atoms with Crippen molar-refractivity contribution < 1.29 is 48.1 Å². The summed E-state index contributed by atoms with van der Waals surface area (Å²) in [6.45, 7) is 18.1. The summed E-state index contributed by atoms with van der Waals surface area (Å²) >= 11 is 1.73. The van der Waals surface area contributed by atoms with Gasteiger partial charge < -0.3 is 24.8 Å². The summed E-state index contributed by atoms with van der Waals surface area (Å²) in [5.41, 5.74) is 7.90. The van der Waals surface area contributed by atoms with Gasteiger partial charge in [0.1, 0.15) is 0 Å². The van der Waals surface area contributed by atoms with Crippen LogP contribution in [-0.4, -0.2) is 5.43 Å². The molecule has 5 aromatic carbocycles. The molecule has 0 N–H and O–H groups in total. The summed E-state index contributed by atoms with van der Waals surface area (Å²) < 4.78 is 0. The molecule has 0 saturated carbocycles. The second-order valence-corrected chi connectivity index (χ2v) is 20.1. The van der Waals surface area contributed by atoms with Crippen LogP contribution in [0.1, 0.15) is 68.0 Å². The second-order valence-electron chi connectivity index (χ2n) is 12.0. The van der Waals surface area contributed by atoms with Crippen LogP contribution in [-0.2, 0) is 36.2 Å². The standard InChI is InChI=1S/2C14H17.C9H12Si.2ClH.Zr/c2*1-10(2)6-12-4-5-13-7-11(3)8-14(13)9-12;1-8(10-2)9-6-4-3-5-7-9;;;/h2*4-5,7-10H,6H2,1-3H3;3-8H,1-2H3;2*1H;/q2*-1;;;;+2/p-2. The maximum Gasteiger partial charge on any atom is -0.0271 e. The SMILES string of the molecule is CC(c1ccccc1)[Si](C)=[Zr+2].Cc1cc2cc(CC(C)C)ccc2[cH-]1.Cc1cc2cc(CC(C)C)ccc2[cH-]1.[Cl-].[Cl-]. The zero-order valence-corrected chi connectivity index (χ0v) is 31.0. The van der Waals surface area contributed by atoms with Crippen molar-refractivity contribution in [2.24, 2.45) is 11.8 Å². The van der Waals surface area contributed by atoms with Crippen molar-refractivity contribution >= 4 is 27.0 Å². The summed E-state index contributed by atoms with van der Waals surface area (Å²) in [6, 6.07) is 33.5. The minimum Gasteiger partial charge on any atom is -1.00 e. The Kier molecular flexibility index (Phi) is 16.8. The smallest absolute Gasteiger partial charge is 0.0271 e. The Morgan fingerprint density at radius 3 is 1.41 bits per heavy atom. The maximum atomic E-state index is 2.40. The average Bonchev–Trinajstić information content (AvgIpc) is 3.43. The zero-order chi connectivity index (χ0) is 28.5. The quantitative estimate of drug-likeness (QED) is 0.181. The molecule has 4 heteroatoms. The first kappa shape index (κ1) is 37.6. The van der Waals surface area contributed by atoms with Crippen molar-refractivity contribution in [3.63, 3.8) is 0 Å². The molecule has 5 rings (SSSR count). The van der Waals surface area contributed by atoms with Gasteiger partial charge in [0.15, 0.2) is 0 Å². The number of rotatable bonds is 6. The molecule has 0 saturated heterocycles. The van der Waals surface area contributed by atoms with E-state index in [-0.39, 0.29) is 30.2 Å². The van der Waals surface area contributed by atoms with E-state index in [1.807, 2.05) is 0 Å². The predicted octanol–water partition coefficient (Wildman–Crippen LogP) is 4.64. The van der Waals surface area contributed by atoms with Gasteiger partial charge in [0.2, 0.25) is 0 Å². The molecule has 1 unspecified atom stereocenters. The summed E-state index contributed by atoms with van der Waals surface area (Å²) in [6.07, 6.45) is 2.36. The molecule has 0 heterocycles. The van der Waals surface area contributed by atoms with E-state index in [1.54, 1.807) is 23.3 Å². The minimum atomic E-state index is -0.0746. The normalized spacial score (nSPS) is 11.2. The van der Waals surface area contributed by atoms with Gasteiger partial charge in [-0.25, -0.2) is 0 Å². The van der Waals surface area contributed by atoms with E-state index in [2.05, 4.69) is 146 Å². The van der Waals surface area contributed by atoms with Gasteiger partial charge in [0, 0.05) is 0 Å². The molecule has 0 aromatic heterocycles. The number of fused-ring (bicyclic) bond motifs is 2. The van der Waals surface area contributed by atoms with Gasteiger partial charge in [-0.1, -0.05) is 52.7 Å². The van der Waals surface area contributed by atoms with Crippen LogP contribution in [0.3, 0.4) is 0 Å². The van der Waals surface area contributed by atoms with E-state index in [9.17, 15) is 0 Å². The molecule has 0 radical (unpaired) electrons. The molecule has 0 aliphatic heterocycles. The molecule has 0 aliphatic carbocycles. The fourth-order valence-electron chi connectivity index (χ4n) is 5.01. The Hall–Kier alpha value is -1.44. The second kappa shape index (κ2) is 18.3. The molecule has 218 valence electrons. The van der Waals surface area contributed by atoms with Gasteiger partial charge in [0.25, 0.3) is 0 Å². The van der Waals surface area contributed by atoms with Crippen molar-refractivity contribution in [1.29, 1.82) is 0 Å². The molecule has 41 heavy (non-hydrogen) atoms. The Bertz CT molecular complexity index is 1390. The van der Waals surface area contributed by atoms with E-state index in [4.69, 9.17) is 0 Å². The first-order valence-electron chi connectivity index (χ1n) is 14.4. The van der Waals surface area contributed by atoms with Crippen LogP contribution in [0.5, 0.6) is 0 Å². The molecule has 0 nitrogen and oxygen atoms in total. The Morgan fingerprint density at radius 2 is 1.05 bits per heavy atom. The van der Waals surface area contributed by atoms with Gasteiger partial charge in [-0.05, 0) is 24.7 Å². The van der Waals surface area contributed by atoms with Crippen molar-refractivity contribution in [3.05, 3.63) is 119 Å². The van der Waals surface area contributed by atoms with Crippen molar-refractivity contribution in [1.82, 2.24) is 0 Å². The summed E-state index contributed by atoms with van der Waals surface area (Å²) in [5, 5.41) is 5.52. The predicted molar refractivity (Wildman–Crippen MR) is 172 cm³/mol. The van der Waals surface area contributed by atoms with E-state index >= 15 is 0 Å². The van der Waals surface area contributed by atoms with Crippen LogP contribution in [0.25, 0.3) is 21.5 Å². The molecule has 0 fully saturated rings. The van der Waals surface area contributed by atoms with Crippen molar-refractivity contribution in [3.8, 4) is 0 Å². The molecular weight excluding hydrogens is 635 g/mol. The third-order valence-electron chi connectivity index (χ3n) is 7.07. The molecule has 0 amide bonds. The number of hydrogen-bond acceptors (Lipinski definition) is 0. The first-order chi connectivity index (χ1) is 18.5. The number of halogens is 2. The monoisotopic (exact) mass is 678 g/mol. The zero-order valence-electron chi connectivity index (χ0n) is 26.1. The van der Waals surface area contributed by atoms with Crippen molar-refractivity contribution in [2.45, 2.75) is 73.4 Å². The van der Waals surface area contributed by atoms with Crippen LogP contribution in [0.4, 0.5) is 0 Å². The van der Waals surface area contributed by atoms with Crippen LogP contribution < -0.4 is 24.8 Å². The molecular formula is C37H46Cl2SiZr-2. The minimum absolute atomic E-state index is 0. The molecule has 0 aliphatic rings. The van der Waals surface area contributed by atoms with Gasteiger partial charge in [-0.2, -0.15) is 12.1 Å². The fraction of sp³-hybridized carbons (Fsp3) is 0.351. The maximum absolute atomic E-state index is 2.40. The third kappa shape index (κ3) is 12.4. The Morgan fingerprint density at radius 1 is 0.634 bits per heavy atom.